The van der Waals surface area contributed by atoms with Gasteiger partial charge < -0.3 is 20.4 Å². The van der Waals surface area contributed by atoms with Crippen LogP contribution in [0.1, 0.15) is 57.8 Å². The third kappa shape index (κ3) is 8.50. The number of carboxylic acid groups (broad SMARTS) is 1. The van der Waals surface area contributed by atoms with E-state index in [4.69, 9.17) is 5.11 Å². The first-order valence-corrected chi connectivity index (χ1v) is 12.5. The predicted octanol–water partition coefficient (Wildman–Crippen LogP) is 1.89. The molecule has 0 radical (unpaired) electrons. The van der Waals surface area contributed by atoms with Crippen LogP contribution < -0.4 is 4.72 Å². The average molecular weight is 458 g/mol. The fraction of sp³-hybridized carbons (Fsp3) is 0.682. The zero-order valence-corrected chi connectivity index (χ0v) is 18.6. The Morgan fingerprint density at radius 3 is 2.26 bits per heavy atom. The third-order valence-electron chi connectivity index (χ3n) is 6.10. The highest BCUT2D eigenvalue weighted by Crippen LogP contribution is 2.39. The molecule has 1 unspecified atom stereocenters. The lowest BCUT2D eigenvalue weighted by Gasteiger charge is -2.24. The van der Waals surface area contributed by atoms with Crippen molar-refractivity contribution in [2.24, 2.45) is 11.8 Å². The molecular weight excluding hydrogens is 422 g/mol. The zero-order chi connectivity index (χ0) is 22.9. The number of hydrogen-bond acceptors (Lipinski definition) is 6. The Morgan fingerprint density at radius 2 is 1.61 bits per heavy atom. The highest BCUT2D eigenvalue weighted by molar-refractivity contribution is 7.89. The summed E-state index contributed by atoms with van der Waals surface area (Å²) in [5.41, 5.74) is 0. The molecule has 1 aromatic rings. The molecule has 0 aliphatic heterocycles. The number of carboxylic acids is 1. The molecule has 8 nitrogen and oxygen atoms in total. The fourth-order valence-corrected chi connectivity index (χ4v) is 5.46. The minimum absolute atomic E-state index is 0.0670. The molecule has 5 atom stereocenters. The van der Waals surface area contributed by atoms with E-state index in [9.17, 15) is 28.5 Å². The van der Waals surface area contributed by atoms with Gasteiger partial charge in [0.1, 0.15) is 0 Å². The molecule has 0 heterocycles. The maximum absolute atomic E-state index is 12.2. The summed E-state index contributed by atoms with van der Waals surface area (Å²) >= 11 is 0. The minimum atomic E-state index is -3.68. The van der Waals surface area contributed by atoms with Gasteiger partial charge in [0.25, 0.3) is 0 Å². The zero-order valence-electron chi connectivity index (χ0n) is 17.8. The summed E-state index contributed by atoms with van der Waals surface area (Å²) in [5.74, 6) is -1.00. The van der Waals surface area contributed by atoms with Crippen LogP contribution in [0.4, 0.5) is 0 Å². The predicted molar refractivity (Wildman–Crippen MR) is 116 cm³/mol. The van der Waals surface area contributed by atoms with Gasteiger partial charge in [0.2, 0.25) is 10.0 Å². The molecule has 0 aromatic heterocycles. The van der Waals surface area contributed by atoms with Gasteiger partial charge in [-0.25, -0.2) is 13.1 Å². The van der Waals surface area contributed by atoms with Gasteiger partial charge >= 0.3 is 5.97 Å². The number of benzene rings is 1. The smallest absolute Gasteiger partial charge is 0.303 e. The number of sulfonamides is 1. The molecule has 5 N–H and O–H groups in total. The second-order valence-electron chi connectivity index (χ2n) is 8.44. The maximum Gasteiger partial charge on any atom is 0.303 e. The maximum atomic E-state index is 12.2. The standard InChI is InChI=1S/C22H35NO7S/c24-16(15-23-31(29,30)17-8-4-3-5-9-17)12-13-19-18(20(25)14-21(19)26)10-6-1-2-7-11-22(27)28/h3-5,8-9,16,18-21,23-26H,1-2,6-7,10-15H2,(H,27,28)/t16?,18-,19-,20+,21-/m1/s1. The number of carbonyl (C=O) groups is 1. The van der Waals surface area contributed by atoms with E-state index in [2.05, 4.69) is 4.72 Å². The van der Waals surface area contributed by atoms with E-state index in [1.54, 1.807) is 18.2 Å². The van der Waals surface area contributed by atoms with Crippen LogP contribution in [0.2, 0.25) is 0 Å². The van der Waals surface area contributed by atoms with E-state index < -0.39 is 34.3 Å². The minimum Gasteiger partial charge on any atom is -0.481 e. The molecular formula is C22H35NO7S. The summed E-state index contributed by atoms with van der Waals surface area (Å²) in [4.78, 5) is 10.7. The van der Waals surface area contributed by atoms with Gasteiger partial charge in [0, 0.05) is 13.0 Å². The molecule has 1 aliphatic carbocycles. The van der Waals surface area contributed by atoms with Crippen LogP contribution in [-0.2, 0) is 14.8 Å². The highest BCUT2D eigenvalue weighted by atomic mass is 32.2. The molecule has 0 saturated heterocycles. The van der Waals surface area contributed by atoms with Crippen LogP contribution in [0, 0.1) is 11.8 Å². The van der Waals surface area contributed by atoms with Gasteiger partial charge in [-0.15, -0.1) is 0 Å². The van der Waals surface area contributed by atoms with E-state index >= 15 is 0 Å². The number of unbranched alkanes of at least 4 members (excludes halogenated alkanes) is 3. The van der Waals surface area contributed by atoms with E-state index in [1.165, 1.54) is 12.1 Å². The van der Waals surface area contributed by atoms with Crippen molar-refractivity contribution in [3.05, 3.63) is 30.3 Å². The summed E-state index contributed by atoms with van der Waals surface area (Å²) in [6.07, 6.45) is 3.11. The van der Waals surface area contributed by atoms with Gasteiger partial charge in [-0.1, -0.05) is 37.5 Å². The second-order valence-corrected chi connectivity index (χ2v) is 10.2. The lowest BCUT2D eigenvalue weighted by atomic mass is 9.85. The number of hydrogen-bond donors (Lipinski definition) is 5. The van der Waals surface area contributed by atoms with Gasteiger partial charge in [0.15, 0.2) is 0 Å². The molecule has 31 heavy (non-hydrogen) atoms. The monoisotopic (exact) mass is 457 g/mol. The van der Waals surface area contributed by atoms with Crippen molar-refractivity contribution in [2.45, 2.75) is 81.0 Å². The van der Waals surface area contributed by atoms with E-state index in [0.29, 0.717) is 25.7 Å². The lowest BCUT2D eigenvalue weighted by molar-refractivity contribution is -0.137. The van der Waals surface area contributed by atoms with Gasteiger partial charge in [-0.2, -0.15) is 0 Å². The number of aliphatic hydroxyl groups is 3. The summed E-state index contributed by atoms with van der Waals surface area (Å²) in [7, 11) is -3.68. The summed E-state index contributed by atoms with van der Waals surface area (Å²) in [6.45, 7) is -0.114. The molecule has 176 valence electrons. The van der Waals surface area contributed by atoms with Crippen molar-refractivity contribution in [1.82, 2.24) is 4.72 Å². The molecule has 1 aliphatic rings. The Balaban J connectivity index is 1.75. The van der Waals surface area contributed by atoms with Crippen LogP contribution >= 0.6 is 0 Å². The summed E-state index contributed by atoms with van der Waals surface area (Å²) in [6, 6.07) is 7.95. The molecule has 1 fully saturated rings. The number of rotatable bonds is 14. The van der Waals surface area contributed by atoms with Crippen molar-refractivity contribution in [1.29, 1.82) is 0 Å². The first-order chi connectivity index (χ1) is 14.7. The summed E-state index contributed by atoms with van der Waals surface area (Å²) < 4.78 is 26.9. The normalized spacial score (nSPS) is 24.9. The Labute approximate surface area is 184 Å². The Kier molecular flexibility index (Phi) is 10.4. The number of nitrogens with one attached hydrogen (secondary N) is 1. The van der Waals surface area contributed by atoms with Crippen molar-refractivity contribution in [3.8, 4) is 0 Å². The van der Waals surface area contributed by atoms with E-state index in [0.717, 1.165) is 25.7 Å². The molecule has 2 rings (SSSR count). The Hall–Kier alpha value is -1.52. The van der Waals surface area contributed by atoms with Gasteiger partial charge in [-0.05, 0) is 56.1 Å². The van der Waals surface area contributed by atoms with Crippen molar-refractivity contribution in [3.63, 3.8) is 0 Å². The number of aliphatic carboxylic acids is 1. The van der Waals surface area contributed by atoms with E-state index in [-0.39, 0.29) is 29.7 Å². The molecule has 0 amide bonds. The van der Waals surface area contributed by atoms with Crippen molar-refractivity contribution in [2.75, 3.05) is 6.54 Å². The Morgan fingerprint density at radius 1 is 1.00 bits per heavy atom. The van der Waals surface area contributed by atoms with Crippen molar-refractivity contribution >= 4 is 16.0 Å². The first-order valence-electron chi connectivity index (χ1n) is 11.0. The third-order valence-corrected chi connectivity index (χ3v) is 7.53. The van der Waals surface area contributed by atoms with Gasteiger partial charge in [0.05, 0.1) is 23.2 Å². The second kappa shape index (κ2) is 12.5. The number of aliphatic hydroxyl groups excluding tert-OH is 3. The van der Waals surface area contributed by atoms with Crippen LogP contribution in [0.5, 0.6) is 0 Å². The van der Waals surface area contributed by atoms with Crippen molar-refractivity contribution < 1.29 is 33.6 Å². The largest absolute Gasteiger partial charge is 0.481 e. The lowest BCUT2D eigenvalue weighted by Crippen LogP contribution is -2.33. The van der Waals surface area contributed by atoms with Gasteiger partial charge in [-0.3, -0.25) is 4.79 Å². The highest BCUT2D eigenvalue weighted by Gasteiger charge is 2.40. The quantitative estimate of drug-likeness (QED) is 0.268. The molecule has 0 spiro atoms. The topological polar surface area (TPSA) is 144 Å². The van der Waals surface area contributed by atoms with Crippen LogP contribution in [0.25, 0.3) is 0 Å². The SMILES string of the molecule is O=C(O)CCCCCC[C@@H]1[C@@H](CCC(O)CNS(=O)(=O)c2ccccc2)[C@H](O)C[C@@H]1O. The first kappa shape index (κ1) is 25.7. The van der Waals surface area contributed by atoms with Crippen LogP contribution in [0.3, 0.4) is 0 Å². The van der Waals surface area contributed by atoms with E-state index in [1.807, 2.05) is 0 Å². The fourth-order valence-electron chi connectivity index (χ4n) is 4.37. The molecule has 1 aromatic carbocycles. The molecule has 9 heteroatoms. The molecule has 1 saturated carbocycles. The van der Waals surface area contributed by atoms with Crippen LogP contribution in [-0.4, -0.2) is 59.7 Å². The summed E-state index contributed by atoms with van der Waals surface area (Å²) in [5, 5.41) is 39.6. The van der Waals surface area contributed by atoms with Crippen LogP contribution in [0.15, 0.2) is 35.2 Å². The average Bonchev–Trinajstić information content (AvgIpc) is 3.00. The molecule has 0 bridgehead atoms. The Bertz CT molecular complexity index is 771.